The predicted molar refractivity (Wildman–Crippen MR) is 100 cm³/mol. The van der Waals surface area contributed by atoms with Gasteiger partial charge in [-0.3, -0.25) is 4.79 Å². The number of para-hydroxylation sites is 1. The lowest BCUT2D eigenvalue weighted by Crippen LogP contribution is -2.51. The number of hydrogen-bond acceptors (Lipinski definition) is 5. The van der Waals surface area contributed by atoms with E-state index < -0.39 is 5.41 Å². The minimum Gasteiger partial charge on any atom is -0.461 e. The van der Waals surface area contributed by atoms with E-state index in [-0.39, 0.29) is 11.7 Å². The second-order valence-corrected chi connectivity index (χ2v) is 7.37. The van der Waals surface area contributed by atoms with Crippen molar-refractivity contribution in [3.63, 3.8) is 0 Å². The number of hydrogen-bond donors (Lipinski definition) is 0. The maximum absolute atomic E-state index is 14.0. The largest absolute Gasteiger partial charge is 0.461 e. The summed E-state index contributed by atoms with van der Waals surface area (Å²) in [6.07, 6.45) is 3.11. The van der Waals surface area contributed by atoms with E-state index in [1.807, 2.05) is 15.9 Å². The highest BCUT2D eigenvalue weighted by molar-refractivity contribution is 5.91. The molecule has 2 aromatic heterocycles. The van der Waals surface area contributed by atoms with Crippen molar-refractivity contribution in [2.75, 3.05) is 31.1 Å². The smallest absolute Gasteiger partial charge is 0.235 e. The van der Waals surface area contributed by atoms with Crippen molar-refractivity contribution >= 4 is 11.6 Å². The molecule has 2 aliphatic rings. The Morgan fingerprint density at radius 2 is 1.82 bits per heavy atom. The predicted octanol–water partition coefficient (Wildman–Crippen LogP) is 3.45. The molecule has 2 fully saturated rings. The highest BCUT2D eigenvalue weighted by atomic mass is 19.1. The third-order valence-electron chi connectivity index (χ3n) is 5.68. The van der Waals surface area contributed by atoms with Gasteiger partial charge in [0.15, 0.2) is 5.76 Å². The van der Waals surface area contributed by atoms with Crippen LogP contribution in [0.2, 0.25) is 0 Å². The maximum Gasteiger partial charge on any atom is 0.235 e. The summed E-state index contributed by atoms with van der Waals surface area (Å²) in [5.74, 6) is 0.984. The zero-order chi connectivity index (χ0) is 19.1. The Labute approximate surface area is 161 Å². The van der Waals surface area contributed by atoms with Crippen molar-refractivity contribution in [2.24, 2.45) is 0 Å². The summed E-state index contributed by atoms with van der Waals surface area (Å²) in [6, 6.07) is 12.1. The van der Waals surface area contributed by atoms with Gasteiger partial charge in [0.1, 0.15) is 5.82 Å². The van der Waals surface area contributed by atoms with E-state index in [9.17, 15) is 9.18 Å². The highest BCUT2D eigenvalue weighted by Gasteiger charge is 2.55. The first-order valence-electron chi connectivity index (χ1n) is 9.47. The first-order valence-corrected chi connectivity index (χ1v) is 9.47. The third-order valence-corrected chi connectivity index (χ3v) is 5.68. The Bertz CT molecular complexity index is 986. The molecular formula is C21H20FN3O3. The first-order chi connectivity index (χ1) is 13.7. The van der Waals surface area contributed by atoms with Gasteiger partial charge in [0.25, 0.3) is 0 Å². The minimum atomic E-state index is -0.589. The van der Waals surface area contributed by atoms with Gasteiger partial charge in [-0.1, -0.05) is 17.3 Å². The molecule has 1 aliphatic heterocycles. The number of amides is 1. The molecule has 3 heterocycles. The van der Waals surface area contributed by atoms with Crippen LogP contribution in [0.3, 0.4) is 0 Å². The summed E-state index contributed by atoms with van der Waals surface area (Å²) in [5.41, 5.74) is 0.671. The number of benzene rings is 1. The van der Waals surface area contributed by atoms with Crippen LogP contribution < -0.4 is 4.90 Å². The summed E-state index contributed by atoms with van der Waals surface area (Å²) < 4.78 is 24.8. The van der Waals surface area contributed by atoms with E-state index >= 15 is 0 Å². The molecule has 0 N–H and O–H groups in total. The van der Waals surface area contributed by atoms with Crippen molar-refractivity contribution < 1.29 is 18.1 Å². The van der Waals surface area contributed by atoms with E-state index in [1.54, 1.807) is 36.6 Å². The van der Waals surface area contributed by atoms with Gasteiger partial charge in [-0.25, -0.2) is 4.39 Å². The molecule has 0 spiro atoms. The monoisotopic (exact) mass is 381 g/mol. The summed E-state index contributed by atoms with van der Waals surface area (Å²) in [4.78, 5) is 17.1. The molecule has 7 heteroatoms. The van der Waals surface area contributed by atoms with E-state index in [0.29, 0.717) is 49.1 Å². The zero-order valence-electron chi connectivity index (χ0n) is 15.3. The Hall–Kier alpha value is -3.09. The lowest BCUT2D eigenvalue weighted by molar-refractivity contribution is -0.134. The van der Waals surface area contributed by atoms with Crippen molar-refractivity contribution in [1.29, 1.82) is 0 Å². The van der Waals surface area contributed by atoms with Crippen LogP contribution in [0, 0.1) is 5.82 Å². The van der Waals surface area contributed by atoms with Gasteiger partial charge in [0, 0.05) is 32.2 Å². The van der Waals surface area contributed by atoms with Crippen molar-refractivity contribution in [3.8, 4) is 11.5 Å². The summed E-state index contributed by atoms with van der Waals surface area (Å²) in [6.45, 7) is 2.36. The molecule has 0 unspecified atom stereocenters. The Morgan fingerprint density at radius 3 is 2.50 bits per heavy atom. The number of rotatable bonds is 4. The topological polar surface area (TPSA) is 62.7 Å². The number of nitrogens with zero attached hydrogens (tertiary/aromatic N) is 3. The average molecular weight is 381 g/mol. The molecule has 6 nitrogen and oxygen atoms in total. The molecule has 1 saturated carbocycles. The van der Waals surface area contributed by atoms with Gasteiger partial charge in [-0.15, -0.1) is 0 Å². The number of carbonyl (C=O) groups is 1. The molecule has 28 heavy (non-hydrogen) atoms. The Kier molecular flexibility index (Phi) is 3.96. The zero-order valence-corrected chi connectivity index (χ0v) is 15.3. The van der Waals surface area contributed by atoms with Crippen LogP contribution >= 0.6 is 0 Å². The summed E-state index contributed by atoms with van der Waals surface area (Å²) in [7, 11) is 0. The summed E-state index contributed by atoms with van der Waals surface area (Å²) >= 11 is 0. The molecule has 1 aliphatic carbocycles. The molecule has 5 rings (SSSR count). The van der Waals surface area contributed by atoms with E-state index in [0.717, 1.165) is 12.8 Å². The van der Waals surface area contributed by atoms with Gasteiger partial charge in [-0.2, -0.15) is 0 Å². The molecule has 0 bridgehead atoms. The number of carbonyl (C=O) groups excluding carboxylic acids is 1. The van der Waals surface area contributed by atoms with Crippen molar-refractivity contribution in [3.05, 3.63) is 60.2 Å². The van der Waals surface area contributed by atoms with Gasteiger partial charge >= 0.3 is 0 Å². The quantitative estimate of drug-likeness (QED) is 0.693. The molecule has 1 aromatic carbocycles. The van der Waals surface area contributed by atoms with Crippen LogP contribution in [0.25, 0.3) is 11.5 Å². The lowest BCUT2D eigenvalue weighted by Gasteiger charge is -2.37. The summed E-state index contributed by atoms with van der Waals surface area (Å²) in [5, 5.41) is 4.15. The van der Waals surface area contributed by atoms with Crippen molar-refractivity contribution in [1.82, 2.24) is 10.1 Å². The normalized spacial score (nSPS) is 18.3. The number of aromatic nitrogens is 1. The molecular weight excluding hydrogens is 361 g/mol. The number of piperazine rings is 1. The average Bonchev–Trinajstić information content (AvgIpc) is 3.13. The molecule has 3 aromatic rings. The fourth-order valence-corrected chi connectivity index (χ4v) is 3.90. The Balaban J connectivity index is 1.29. The number of anilines is 1. The van der Waals surface area contributed by atoms with Crippen LogP contribution in [-0.4, -0.2) is 42.1 Å². The van der Waals surface area contributed by atoms with Crippen LogP contribution in [0.15, 0.2) is 57.7 Å². The minimum absolute atomic E-state index is 0.0833. The molecule has 1 amide bonds. The van der Waals surface area contributed by atoms with E-state index in [4.69, 9.17) is 8.94 Å². The lowest BCUT2D eigenvalue weighted by atomic mass is 9.99. The molecule has 1 saturated heterocycles. The molecule has 0 radical (unpaired) electrons. The number of furan rings is 1. The fraction of sp³-hybridized carbons (Fsp3) is 0.333. The molecule has 144 valence electrons. The highest BCUT2D eigenvalue weighted by Crippen LogP contribution is 2.50. The van der Waals surface area contributed by atoms with Crippen molar-refractivity contribution in [2.45, 2.75) is 18.3 Å². The van der Waals surface area contributed by atoms with E-state index in [1.165, 1.54) is 6.07 Å². The third kappa shape index (κ3) is 2.78. The van der Waals surface area contributed by atoms with Crippen LogP contribution in [-0.2, 0) is 10.2 Å². The first kappa shape index (κ1) is 17.0. The van der Waals surface area contributed by atoms with Gasteiger partial charge in [-0.05, 0) is 37.1 Å². The SMILES string of the molecule is O=C(N1CCN(c2ccccc2F)CC1)C1(c2cc(-c3ccco3)on2)CC1. The van der Waals surface area contributed by atoms with Crippen LogP contribution in [0.4, 0.5) is 10.1 Å². The van der Waals surface area contributed by atoms with Gasteiger partial charge in [0.2, 0.25) is 11.7 Å². The maximum atomic E-state index is 14.0. The second kappa shape index (κ2) is 6.51. The molecule has 0 atom stereocenters. The van der Waals surface area contributed by atoms with Crippen LogP contribution in [0.5, 0.6) is 0 Å². The van der Waals surface area contributed by atoms with Crippen LogP contribution in [0.1, 0.15) is 18.5 Å². The van der Waals surface area contributed by atoms with Gasteiger partial charge < -0.3 is 18.7 Å². The fourth-order valence-electron chi connectivity index (χ4n) is 3.90. The second-order valence-electron chi connectivity index (χ2n) is 7.37. The van der Waals surface area contributed by atoms with E-state index in [2.05, 4.69) is 5.16 Å². The standard InChI is InChI=1S/C21H20FN3O3/c22-15-4-1-2-5-16(15)24-9-11-25(12-10-24)20(26)21(7-8-21)19-14-18(28-23-19)17-6-3-13-27-17/h1-6,13-14H,7-12H2. The number of halogens is 1. The Morgan fingerprint density at radius 1 is 1.04 bits per heavy atom. The van der Waals surface area contributed by atoms with Gasteiger partial charge in [0.05, 0.1) is 23.1 Å².